The van der Waals surface area contributed by atoms with Gasteiger partial charge in [-0.05, 0) is 25.2 Å². The smallest absolute Gasteiger partial charge is 0.0172 e. The van der Waals surface area contributed by atoms with Gasteiger partial charge in [-0.1, -0.05) is 6.92 Å². The predicted molar refractivity (Wildman–Crippen MR) is 44.0 cm³/mol. The first-order valence-electron chi connectivity index (χ1n) is 3.19. The van der Waals surface area contributed by atoms with Crippen molar-refractivity contribution in [2.24, 2.45) is 5.92 Å². The van der Waals surface area contributed by atoms with E-state index < -0.39 is 0 Å². The minimum Gasteiger partial charge on any atom is -0.258 e. The fraction of sp³-hybridized carbons (Fsp3) is 1.00. The Balaban J connectivity index is 2.22. The van der Waals surface area contributed by atoms with Gasteiger partial charge in [0, 0.05) is 28.9 Å². The number of hydrogen-bond acceptors (Lipinski definition) is 1. The highest BCUT2D eigenvalue weighted by atomic mass is 127. The van der Waals surface area contributed by atoms with Crippen LogP contribution >= 0.6 is 22.9 Å². The van der Waals surface area contributed by atoms with Gasteiger partial charge in [0.2, 0.25) is 0 Å². The van der Waals surface area contributed by atoms with Crippen molar-refractivity contribution in [1.82, 2.24) is 3.53 Å². The fourth-order valence-corrected chi connectivity index (χ4v) is 1.87. The normalized spacial score (nSPS) is 38.2. The average Bonchev–Trinajstić information content (AvgIpc) is 2.14. The largest absolute Gasteiger partial charge is 0.258 e. The van der Waals surface area contributed by atoms with E-state index in [0.29, 0.717) is 0 Å². The molecule has 0 radical (unpaired) electrons. The Morgan fingerprint density at radius 3 is 2.50 bits per heavy atom. The standard InChI is InChI=1S/C6H12IN/c1-5-2-3-6(4-5)8-7/h5-6,8H,2-4H2,1H3. The molecule has 0 aromatic heterocycles. The molecule has 0 heterocycles. The first-order valence-corrected chi connectivity index (χ1v) is 4.27. The monoisotopic (exact) mass is 225 g/mol. The van der Waals surface area contributed by atoms with Crippen LogP contribution in [0.2, 0.25) is 0 Å². The van der Waals surface area contributed by atoms with E-state index in [9.17, 15) is 0 Å². The highest BCUT2D eigenvalue weighted by Crippen LogP contribution is 2.24. The molecule has 0 spiro atoms. The molecule has 1 nitrogen and oxygen atoms in total. The number of nitrogens with one attached hydrogen (secondary N) is 1. The van der Waals surface area contributed by atoms with Gasteiger partial charge >= 0.3 is 0 Å². The Morgan fingerprint density at radius 2 is 2.25 bits per heavy atom. The minimum atomic E-state index is 0.811. The highest BCUT2D eigenvalue weighted by molar-refractivity contribution is 14.1. The van der Waals surface area contributed by atoms with Crippen LogP contribution in [0.15, 0.2) is 0 Å². The minimum absolute atomic E-state index is 0.811. The molecule has 1 fully saturated rings. The molecule has 0 aliphatic heterocycles. The van der Waals surface area contributed by atoms with Crippen molar-refractivity contribution in [2.75, 3.05) is 0 Å². The van der Waals surface area contributed by atoms with Gasteiger partial charge in [0.25, 0.3) is 0 Å². The summed E-state index contributed by atoms with van der Waals surface area (Å²) in [4.78, 5) is 0. The molecule has 1 saturated carbocycles. The average molecular weight is 225 g/mol. The van der Waals surface area contributed by atoms with Gasteiger partial charge in [-0.2, -0.15) is 0 Å². The van der Waals surface area contributed by atoms with Crippen LogP contribution in [-0.4, -0.2) is 6.04 Å². The molecule has 0 aromatic rings. The SMILES string of the molecule is CC1CCC(NI)C1. The molecular weight excluding hydrogens is 213 g/mol. The third kappa shape index (κ3) is 1.58. The molecule has 1 aliphatic carbocycles. The van der Waals surface area contributed by atoms with Crippen LogP contribution in [0.4, 0.5) is 0 Å². The Bertz CT molecular complexity index is 74.9. The maximum Gasteiger partial charge on any atom is 0.0172 e. The van der Waals surface area contributed by atoms with Gasteiger partial charge in [-0.15, -0.1) is 0 Å². The van der Waals surface area contributed by atoms with Gasteiger partial charge in [0.1, 0.15) is 0 Å². The van der Waals surface area contributed by atoms with Gasteiger partial charge < -0.3 is 0 Å². The lowest BCUT2D eigenvalue weighted by Crippen LogP contribution is -2.14. The van der Waals surface area contributed by atoms with E-state index in [1.54, 1.807) is 0 Å². The molecule has 2 atom stereocenters. The van der Waals surface area contributed by atoms with E-state index in [2.05, 4.69) is 33.3 Å². The summed E-state index contributed by atoms with van der Waals surface area (Å²) in [5, 5.41) is 0. The number of hydrogen-bond donors (Lipinski definition) is 1. The molecule has 1 aliphatic rings. The van der Waals surface area contributed by atoms with E-state index in [1.165, 1.54) is 19.3 Å². The van der Waals surface area contributed by atoms with Crippen molar-refractivity contribution in [1.29, 1.82) is 0 Å². The van der Waals surface area contributed by atoms with Crippen molar-refractivity contribution >= 4 is 22.9 Å². The first kappa shape index (κ1) is 6.81. The molecule has 2 heteroatoms. The summed E-state index contributed by atoms with van der Waals surface area (Å²) < 4.78 is 3.26. The van der Waals surface area contributed by atoms with Crippen molar-refractivity contribution in [3.63, 3.8) is 0 Å². The lowest BCUT2D eigenvalue weighted by Gasteiger charge is -2.03. The second-order valence-electron chi connectivity index (χ2n) is 2.72. The van der Waals surface area contributed by atoms with Crippen LogP contribution < -0.4 is 3.53 Å². The van der Waals surface area contributed by atoms with Crippen LogP contribution in [0.1, 0.15) is 26.2 Å². The first-order chi connectivity index (χ1) is 3.83. The lowest BCUT2D eigenvalue weighted by atomic mass is 10.1. The van der Waals surface area contributed by atoms with Crippen LogP contribution in [0, 0.1) is 5.92 Å². The molecule has 0 saturated heterocycles. The molecule has 2 unspecified atom stereocenters. The van der Waals surface area contributed by atoms with Crippen LogP contribution in [0.5, 0.6) is 0 Å². The Morgan fingerprint density at radius 1 is 1.50 bits per heavy atom. The molecule has 0 amide bonds. The quantitative estimate of drug-likeness (QED) is 0.532. The zero-order chi connectivity index (χ0) is 5.98. The summed E-state index contributed by atoms with van der Waals surface area (Å²) in [7, 11) is 0. The molecule has 1 N–H and O–H groups in total. The van der Waals surface area contributed by atoms with E-state index in [1.807, 2.05) is 0 Å². The summed E-state index contributed by atoms with van der Waals surface area (Å²) in [6, 6.07) is 0.811. The maximum absolute atomic E-state index is 3.26. The third-order valence-corrected chi connectivity index (χ3v) is 2.73. The Kier molecular flexibility index (Phi) is 2.56. The number of halogens is 1. The van der Waals surface area contributed by atoms with Crippen LogP contribution in [0.3, 0.4) is 0 Å². The van der Waals surface area contributed by atoms with Crippen LogP contribution in [-0.2, 0) is 0 Å². The van der Waals surface area contributed by atoms with Crippen molar-refractivity contribution < 1.29 is 0 Å². The van der Waals surface area contributed by atoms with Gasteiger partial charge in [-0.3, -0.25) is 3.53 Å². The molecule has 8 heavy (non-hydrogen) atoms. The van der Waals surface area contributed by atoms with Gasteiger partial charge in [-0.25, -0.2) is 0 Å². The lowest BCUT2D eigenvalue weighted by molar-refractivity contribution is 0.586. The topological polar surface area (TPSA) is 12.0 Å². The maximum atomic E-state index is 3.26. The summed E-state index contributed by atoms with van der Waals surface area (Å²) in [6.07, 6.45) is 4.17. The summed E-state index contributed by atoms with van der Waals surface area (Å²) >= 11 is 2.25. The van der Waals surface area contributed by atoms with E-state index in [-0.39, 0.29) is 0 Å². The fourth-order valence-electron chi connectivity index (χ4n) is 1.31. The zero-order valence-electron chi connectivity index (χ0n) is 5.15. The summed E-state index contributed by atoms with van der Waals surface area (Å²) in [5.41, 5.74) is 0. The Labute approximate surface area is 64.7 Å². The van der Waals surface area contributed by atoms with Crippen molar-refractivity contribution in [3.05, 3.63) is 0 Å². The van der Waals surface area contributed by atoms with E-state index in [4.69, 9.17) is 0 Å². The van der Waals surface area contributed by atoms with Crippen LogP contribution in [0.25, 0.3) is 0 Å². The molecule has 48 valence electrons. The number of rotatable bonds is 1. The summed E-state index contributed by atoms with van der Waals surface area (Å²) in [5.74, 6) is 0.960. The van der Waals surface area contributed by atoms with E-state index in [0.717, 1.165) is 12.0 Å². The summed E-state index contributed by atoms with van der Waals surface area (Å²) in [6.45, 7) is 2.33. The van der Waals surface area contributed by atoms with Crippen molar-refractivity contribution in [3.8, 4) is 0 Å². The van der Waals surface area contributed by atoms with Gasteiger partial charge in [0.15, 0.2) is 0 Å². The zero-order valence-corrected chi connectivity index (χ0v) is 7.31. The molecular formula is C6H12IN. The van der Waals surface area contributed by atoms with Gasteiger partial charge in [0.05, 0.1) is 0 Å². The molecule has 0 bridgehead atoms. The molecule has 0 aromatic carbocycles. The second kappa shape index (κ2) is 3.01. The Hall–Kier alpha value is 0.690. The molecule has 1 rings (SSSR count). The highest BCUT2D eigenvalue weighted by Gasteiger charge is 2.19. The predicted octanol–water partition coefficient (Wildman–Crippen LogP) is 2.11. The second-order valence-corrected chi connectivity index (χ2v) is 3.35. The van der Waals surface area contributed by atoms with Crippen molar-refractivity contribution in [2.45, 2.75) is 32.2 Å². The van der Waals surface area contributed by atoms with E-state index >= 15 is 0 Å². The third-order valence-electron chi connectivity index (χ3n) is 1.85.